The Hall–Kier alpha value is -1.37. The summed E-state index contributed by atoms with van der Waals surface area (Å²) in [5.74, 6) is 0.211. The van der Waals surface area contributed by atoms with Crippen LogP contribution in [-0.4, -0.2) is 30.2 Å². The van der Waals surface area contributed by atoms with E-state index >= 15 is 0 Å². The van der Waals surface area contributed by atoms with Gasteiger partial charge >= 0.3 is 0 Å². The van der Waals surface area contributed by atoms with Crippen molar-refractivity contribution in [1.29, 1.82) is 0 Å². The van der Waals surface area contributed by atoms with Gasteiger partial charge in [-0.3, -0.25) is 0 Å². The Kier molecular flexibility index (Phi) is 5.78. The summed E-state index contributed by atoms with van der Waals surface area (Å²) in [6, 6.07) is 6.40. The van der Waals surface area contributed by atoms with E-state index in [2.05, 4.69) is 31.2 Å². The lowest BCUT2D eigenvalue weighted by atomic mass is 10.2. The second-order valence-electron chi connectivity index (χ2n) is 4.62. The van der Waals surface area contributed by atoms with Gasteiger partial charge in [-0.2, -0.15) is 0 Å². The molecular weight excluding hydrogens is 337 g/mol. The first-order valence-corrected chi connectivity index (χ1v) is 7.39. The van der Waals surface area contributed by atoms with Crippen LogP contribution in [0.15, 0.2) is 28.7 Å². The van der Waals surface area contributed by atoms with Crippen LogP contribution in [0.4, 0.5) is 4.39 Å². The predicted molar refractivity (Wildman–Crippen MR) is 83.4 cm³/mol. The molecule has 0 aliphatic heterocycles. The minimum Gasteiger partial charge on any atom is -0.383 e. The maximum absolute atomic E-state index is 13.4. The lowest BCUT2D eigenvalue weighted by Crippen LogP contribution is -2.19. The molecule has 2 aromatic rings. The lowest BCUT2D eigenvalue weighted by Gasteiger charge is -2.09. The third-order valence-electron chi connectivity index (χ3n) is 2.87. The van der Waals surface area contributed by atoms with Crippen molar-refractivity contribution < 1.29 is 9.13 Å². The molecule has 112 valence electrons. The van der Waals surface area contributed by atoms with Crippen LogP contribution >= 0.6 is 15.9 Å². The van der Waals surface area contributed by atoms with Crippen LogP contribution in [0.25, 0.3) is 11.4 Å². The van der Waals surface area contributed by atoms with Crippen LogP contribution in [0.1, 0.15) is 11.4 Å². The average Bonchev–Trinajstić information content (AvgIpc) is 2.45. The minimum absolute atomic E-state index is 0.307. The van der Waals surface area contributed by atoms with E-state index in [0.29, 0.717) is 24.5 Å². The zero-order valence-electron chi connectivity index (χ0n) is 12.0. The fourth-order valence-electron chi connectivity index (χ4n) is 1.90. The molecule has 0 unspecified atom stereocenters. The van der Waals surface area contributed by atoms with Gasteiger partial charge in [0.1, 0.15) is 5.82 Å². The Morgan fingerprint density at radius 2 is 2.10 bits per heavy atom. The number of nitrogens with one attached hydrogen (secondary N) is 1. The van der Waals surface area contributed by atoms with Gasteiger partial charge in [-0.25, -0.2) is 14.4 Å². The Morgan fingerprint density at radius 1 is 1.29 bits per heavy atom. The smallest absolute Gasteiger partial charge is 0.160 e. The molecule has 1 heterocycles. The number of halogens is 2. The number of benzene rings is 1. The number of hydrogen-bond donors (Lipinski definition) is 1. The summed E-state index contributed by atoms with van der Waals surface area (Å²) in [6.07, 6.45) is 0. The molecule has 0 saturated heterocycles. The number of methoxy groups -OCH3 is 1. The highest BCUT2D eigenvalue weighted by molar-refractivity contribution is 9.10. The highest BCUT2D eigenvalue weighted by Gasteiger charge is 2.10. The van der Waals surface area contributed by atoms with Crippen LogP contribution in [0.5, 0.6) is 0 Å². The highest BCUT2D eigenvalue weighted by Crippen LogP contribution is 2.26. The predicted octanol–water partition coefficient (Wildman–Crippen LogP) is 3.09. The maximum Gasteiger partial charge on any atom is 0.160 e. The summed E-state index contributed by atoms with van der Waals surface area (Å²) < 4.78 is 19.2. The molecule has 2 rings (SSSR count). The van der Waals surface area contributed by atoms with Gasteiger partial charge in [0.05, 0.1) is 12.3 Å². The lowest BCUT2D eigenvalue weighted by molar-refractivity contribution is 0.199. The second-order valence-corrected chi connectivity index (χ2v) is 5.47. The zero-order chi connectivity index (χ0) is 15.2. The van der Waals surface area contributed by atoms with Gasteiger partial charge in [-0.05, 0) is 31.2 Å². The van der Waals surface area contributed by atoms with Crippen molar-refractivity contribution in [3.8, 4) is 11.4 Å². The van der Waals surface area contributed by atoms with Crippen molar-refractivity contribution in [2.75, 3.05) is 20.3 Å². The molecule has 0 aliphatic carbocycles. The Labute approximate surface area is 131 Å². The first-order valence-electron chi connectivity index (χ1n) is 6.60. The van der Waals surface area contributed by atoms with E-state index in [0.717, 1.165) is 22.4 Å². The Bertz CT molecular complexity index is 622. The molecule has 1 aromatic carbocycles. The highest BCUT2D eigenvalue weighted by atomic mass is 79.9. The number of ether oxygens (including phenoxy) is 1. The molecule has 6 heteroatoms. The summed E-state index contributed by atoms with van der Waals surface area (Å²) in [5.41, 5.74) is 2.36. The van der Waals surface area contributed by atoms with Crippen molar-refractivity contribution in [2.24, 2.45) is 0 Å². The summed E-state index contributed by atoms with van der Waals surface area (Å²) >= 11 is 3.41. The SMILES string of the molecule is COCCNCc1cc(C)nc(-c2cc(F)ccc2Br)n1. The van der Waals surface area contributed by atoms with E-state index in [1.54, 1.807) is 13.2 Å². The third-order valence-corrected chi connectivity index (χ3v) is 3.56. The molecular formula is C15H17BrFN3O. The number of rotatable bonds is 6. The number of aromatic nitrogens is 2. The molecule has 4 nitrogen and oxygen atoms in total. The van der Waals surface area contributed by atoms with Crippen molar-refractivity contribution in [2.45, 2.75) is 13.5 Å². The molecule has 0 aliphatic rings. The molecule has 0 fully saturated rings. The first-order chi connectivity index (χ1) is 10.1. The van der Waals surface area contributed by atoms with Crippen LogP contribution in [0.2, 0.25) is 0 Å². The van der Waals surface area contributed by atoms with Crippen LogP contribution < -0.4 is 5.32 Å². The van der Waals surface area contributed by atoms with Crippen LogP contribution in [0, 0.1) is 12.7 Å². The van der Waals surface area contributed by atoms with Gasteiger partial charge in [0.25, 0.3) is 0 Å². The summed E-state index contributed by atoms with van der Waals surface area (Å²) in [7, 11) is 1.66. The second kappa shape index (κ2) is 7.59. The van der Waals surface area contributed by atoms with E-state index in [1.807, 2.05) is 13.0 Å². The fourth-order valence-corrected chi connectivity index (χ4v) is 2.33. The molecule has 0 radical (unpaired) electrons. The fraction of sp³-hybridized carbons (Fsp3) is 0.333. The van der Waals surface area contributed by atoms with E-state index < -0.39 is 0 Å². The number of aryl methyl sites for hydroxylation is 1. The Morgan fingerprint density at radius 3 is 2.86 bits per heavy atom. The molecule has 0 spiro atoms. The van der Waals surface area contributed by atoms with Crippen molar-refractivity contribution >= 4 is 15.9 Å². The van der Waals surface area contributed by atoms with Crippen LogP contribution in [-0.2, 0) is 11.3 Å². The van der Waals surface area contributed by atoms with Gasteiger partial charge in [0.15, 0.2) is 5.82 Å². The van der Waals surface area contributed by atoms with Gasteiger partial charge in [-0.15, -0.1) is 0 Å². The normalized spacial score (nSPS) is 10.9. The van der Waals surface area contributed by atoms with Crippen LogP contribution in [0.3, 0.4) is 0 Å². The number of hydrogen-bond acceptors (Lipinski definition) is 4. The first kappa shape index (κ1) is 16.0. The van der Waals surface area contributed by atoms with Gasteiger partial charge in [-0.1, -0.05) is 15.9 Å². The van der Waals surface area contributed by atoms with E-state index in [4.69, 9.17) is 4.74 Å². The molecule has 0 saturated carbocycles. The third kappa shape index (κ3) is 4.56. The standard InChI is InChI=1S/C15H17BrFN3O/c1-10-7-12(9-18-5-6-21-2)20-15(19-10)13-8-11(17)3-4-14(13)16/h3-4,7-8,18H,5-6,9H2,1-2H3. The molecule has 1 N–H and O–H groups in total. The monoisotopic (exact) mass is 353 g/mol. The molecule has 0 atom stereocenters. The van der Waals surface area contributed by atoms with Gasteiger partial charge in [0.2, 0.25) is 0 Å². The zero-order valence-corrected chi connectivity index (χ0v) is 13.6. The molecule has 0 amide bonds. The Balaban J connectivity index is 2.24. The van der Waals surface area contributed by atoms with E-state index in [1.165, 1.54) is 12.1 Å². The number of nitrogens with zero attached hydrogens (tertiary/aromatic N) is 2. The topological polar surface area (TPSA) is 47.0 Å². The van der Waals surface area contributed by atoms with Crippen molar-refractivity contribution in [1.82, 2.24) is 15.3 Å². The maximum atomic E-state index is 13.4. The van der Waals surface area contributed by atoms with E-state index in [-0.39, 0.29) is 5.82 Å². The van der Waals surface area contributed by atoms with Crippen molar-refractivity contribution in [3.05, 3.63) is 45.9 Å². The summed E-state index contributed by atoms with van der Waals surface area (Å²) in [6.45, 7) is 3.91. The van der Waals surface area contributed by atoms with Gasteiger partial charge < -0.3 is 10.1 Å². The molecule has 1 aromatic heterocycles. The minimum atomic E-state index is -0.307. The summed E-state index contributed by atoms with van der Waals surface area (Å²) in [4.78, 5) is 8.88. The molecule has 21 heavy (non-hydrogen) atoms. The van der Waals surface area contributed by atoms with Crippen molar-refractivity contribution in [3.63, 3.8) is 0 Å². The van der Waals surface area contributed by atoms with Gasteiger partial charge in [0, 0.05) is 35.9 Å². The molecule has 0 bridgehead atoms. The quantitative estimate of drug-likeness (QED) is 0.810. The van der Waals surface area contributed by atoms with E-state index in [9.17, 15) is 4.39 Å². The average molecular weight is 354 g/mol. The summed E-state index contributed by atoms with van der Waals surface area (Å²) in [5, 5.41) is 3.23. The largest absolute Gasteiger partial charge is 0.383 e.